The van der Waals surface area contributed by atoms with Crippen molar-refractivity contribution in [3.8, 4) is 59.5 Å². The van der Waals surface area contributed by atoms with E-state index in [0.717, 1.165) is 44.5 Å². The largest absolute Gasteiger partial charge is 0.395 e. The zero-order chi connectivity index (χ0) is 31.6. The van der Waals surface area contributed by atoms with Gasteiger partial charge in [0.2, 0.25) is 0 Å². The highest BCUT2D eigenvalue weighted by Gasteiger charge is 1.99. The Balaban J connectivity index is 0.000000240. The summed E-state index contributed by atoms with van der Waals surface area (Å²) in [6, 6.07) is 23.0. The Morgan fingerprint density at radius 2 is 0.841 bits per heavy atom. The molecule has 0 aliphatic rings. The summed E-state index contributed by atoms with van der Waals surface area (Å²) in [7, 11) is 0. The van der Waals surface area contributed by atoms with Gasteiger partial charge in [-0.2, -0.15) is 10.5 Å². The Hall–Kier alpha value is -6.12. The first-order valence-electron chi connectivity index (χ1n) is 13.6. The van der Waals surface area contributed by atoms with Gasteiger partial charge in [0, 0.05) is 58.6 Å². The Labute approximate surface area is 258 Å². The van der Waals surface area contributed by atoms with Crippen molar-refractivity contribution in [2.45, 2.75) is 26.7 Å². The van der Waals surface area contributed by atoms with Crippen molar-refractivity contribution in [3.05, 3.63) is 129 Å². The number of aromatic nitrogens is 2. The molecule has 2 N–H and O–H groups in total. The molecule has 6 heteroatoms. The monoisotopic (exact) mass is 572 g/mol. The number of rotatable bonds is 2. The second kappa shape index (κ2) is 17.6. The van der Waals surface area contributed by atoms with Crippen LogP contribution in [-0.4, -0.2) is 33.4 Å². The number of hydrogen-bond acceptors (Lipinski definition) is 6. The van der Waals surface area contributed by atoms with Crippen molar-refractivity contribution in [1.82, 2.24) is 9.97 Å². The molecule has 6 nitrogen and oxygen atoms in total. The predicted molar refractivity (Wildman–Crippen MR) is 169 cm³/mol. The van der Waals surface area contributed by atoms with Crippen LogP contribution in [0.25, 0.3) is 0 Å². The third-order valence-electron chi connectivity index (χ3n) is 5.78. The van der Waals surface area contributed by atoms with Crippen molar-refractivity contribution >= 4 is 0 Å². The van der Waals surface area contributed by atoms with E-state index in [1.165, 1.54) is 0 Å². The maximum absolute atomic E-state index is 8.85. The van der Waals surface area contributed by atoms with Gasteiger partial charge >= 0.3 is 0 Å². The average Bonchev–Trinajstić information content (AvgIpc) is 3.05. The summed E-state index contributed by atoms with van der Waals surface area (Å²) >= 11 is 0. The Morgan fingerprint density at radius 1 is 0.523 bits per heavy atom. The van der Waals surface area contributed by atoms with Crippen LogP contribution in [0.4, 0.5) is 0 Å². The fourth-order valence-corrected chi connectivity index (χ4v) is 3.52. The lowest BCUT2D eigenvalue weighted by atomic mass is 10.1. The molecule has 0 fully saturated rings. The molecular formula is C38H28N4O2. The van der Waals surface area contributed by atoms with Gasteiger partial charge in [0.25, 0.3) is 0 Å². The van der Waals surface area contributed by atoms with E-state index >= 15 is 0 Å². The van der Waals surface area contributed by atoms with E-state index in [-0.39, 0.29) is 13.2 Å². The topological polar surface area (TPSA) is 114 Å². The van der Waals surface area contributed by atoms with Gasteiger partial charge in [-0.3, -0.25) is 0 Å². The molecule has 0 saturated heterocycles. The van der Waals surface area contributed by atoms with Crippen LogP contribution in [0.2, 0.25) is 0 Å². The molecule has 212 valence electrons. The first kappa shape index (κ1) is 32.4. The minimum atomic E-state index is 0.0780. The van der Waals surface area contributed by atoms with Gasteiger partial charge in [-0.1, -0.05) is 47.4 Å². The van der Waals surface area contributed by atoms with Crippen molar-refractivity contribution < 1.29 is 10.2 Å². The fraction of sp³-hybridized carbons (Fsp3) is 0.158. The van der Waals surface area contributed by atoms with E-state index < -0.39 is 0 Å². The molecule has 4 rings (SSSR count). The van der Waals surface area contributed by atoms with Crippen LogP contribution < -0.4 is 0 Å². The molecule has 0 spiro atoms. The van der Waals surface area contributed by atoms with E-state index in [1.54, 1.807) is 12.4 Å². The van der Waals surface area contributed by atoms with Gasteiger partial charge in [0.05, 0.1) is 13.2 Å². The van der Waals surface area contributed by atoms with Crippen LogP contribution >= 0.6 is 0 Å². The standard InChI is InChI=1S/2C19H14N2O/c2*1-15-12-18(14-21-19(15)13-20)10-9-17-7-5-16(6-8-17)4-2-3-11-22/h2*5-8,12,14,22H,3,11H2,1H3. The number of nitriles is 2. The number of aliphatic hydroxyl groups excluding tert-OH is 2. The Morgan fingerprint density at radius 3 is 1.14 bits per heavy atom. The average molecular weight is 573 g/mol. The van der Waals surface area contributed by atoms with Crippen LogP contribution in [0.1, 0.15) is 68.7 Å². The third kappa shape index (κ3) is 10.7. The molecule has 2 heterocycles. The van der Waals surface area contributed by atoms with Crippen LogP contribution in [0.15, 0.2) is 73.1 Å². The van der Waals surface area contributed by atoms with E-state index in [0.29, 0.717) is 24.2 Å². The van der Waals surface area contributed by atoms with Gasteiger partial charge in [-0.25, -0.2) is 9.97 Å². The molecule has 0 amide bonds. The number of pyridine rings is 2. The third-order valence-corrected chi connectivity index (χ3v) is 5.78. The maximum Gasteiger partial charge on any atom is 0.143 e. The quantitative estimate of drug-likeness (QED) is 0.334. The molecule has 2 aromatic heterocycles. The second-order valence-electron chi connectivity index (χ2n) is 9.21. The van der Waals surface area contributed by atoms with Crippen LogP contribution in [0.3, 0.4) is 0 Å². The molecule has 0 aliphatic carbocycles. The minimum Gasteiger partial charge on any atom is -0.395 e. The van der Waals surface area contributed by atoms with Crippen molar-refractivity contribution in [2.75, 3.05) is 13.2 Å². The molecule has 0 radical (unpaired) electrons. The van der Waals surface area contributed by atoms with Gasteiger partial charge in [0.1, 0.15) is 23.5 Å². The summed E-state index contributed by atoms with van der Waals surface area (Å²) in [6.07, 6.45) is 4.17. The van der Waals surface area contributed by atoms with E-state index in [2.05, 4.69) is 57.3 Å². The van der Waals surface area contributed by atoms with Gasteiger partial charge in [-0.05, 0) is 85.6 Å². The van der Waals surface area contributed by atoms with Crippen molar-refractivity contribution in [1.29, 1.82) is 10.5 Å². The van der Waals surface area contributed by atoms with Crippen molar-refractivity contribution in [3.63, 3.8) is 0 Å². The summed E-state index contributed by atoms with van der Waals surface area (Å²) in [4.78, 5) is 8.13. The van der Waals surface area contributed by atoms with Gasteiger partial charge in [0.15, 0.2) is 0 Å². The fourth-order valence-electron chi connectivity index (χ4n) is 3.52. The van der Waals surface area contributed by atoms with Gasteiger partial charge in [-0.15, -0.1) is 0 Å². The summed E-state index contributed by atoms with van der Waals surface area (Å²) in [5.41, 5.74) is 7.63. The molecular weight excluding hydrogens is 544 g/mol. The predicted octanol–water partition coefficient (Wildman–Crippen LogP) is 4.79. The molecule has 0 atom stereocenters. The Kier molecular flexibility index (Phi) is 13.0. The number of aryl methyl sites for hydroxylation is 2. The van der Waals surface area contributed by atoms with E-state index in [1.807, 2.05) is 86.6 Å². The van der Waals surface area contributed by atoms with Crippen LogP contribution in [0.5, 0.6) is 0 Å². The zero-order valence-electron chi connectivity index (χ0n) is 24.4. The Bertz CT molecular complexity index is 1790. The minimum absolute atomic E-state index is 0.0780. The lowest BCUT2D eigenvalue weighted by molar-refractivity contribution is 0.304. The normalized spacial score (nSPS) is 8.95. The lowest BCUT2D eigenvalue weighted by Gasteiger charge is -1.96. The summed E-state index contributed by atoms with van der Waals surface area (Å²) in [5.74, 6) is 23.9. The SMILES string of the molecule is Cc1cc(C#Cc2ccc(C#CCCO)cc2)cnc1C#N.Cc1cc(C#Cc2ccc(C#CCCO)cc2)cnc1C#N. The molecule has 44 heavy (non-hydrogen) atoms. The number of aliphatic hydroxyl groups is 2. The molecule has 2 aromatic carbocycles. The molecule has 0 aliphatic heterocycles. The van der Waals surface area contributed by atoms with E-state index in [9.17, 15) is 0 Å². The molecule has 0 saturated carbocycles. The number of benzene rings is 2. The summed E-state index contributed by atoms with van der Waals surface area (Å²) in [5, 5.41) is 35.0. The first-order valence-corrected chi connectivity index (χ1v) is 13.6. The highest BCUT2D eigenvalue weighted by atomic mass is 16.3. The van der Waals surface area contributed by atoms with Gasteiger partial charge < -0.3 is 10.2 Å². The zero-order valence-corrected chi connectivity index (χ0v) is 24.4. The molecule has 0 bridgehead atoms. The van der Waals surface area contributed by atoms with Crippen LogP contribution in [0, 0.1) is 83.9 Å². The van der Waals surface area contributed by atoms with Crippen molar-refractivity contribution in [2.24, 2.45) is 0 Å². The molecule has 0 unspecified atom stereocenters. The molecule has 4 aromatic rings. The lowest BCUT2D eigenvalue weighted by Crippen LogP contribution is -1.89. The number of hydrogen-bond donors (Lipinski definition) is 2. The van der Waals surface area contributed by atoms with Crippen LogP contribution in [-0.2, 0) is 0 Å². The first-order chi connectivity index (χ1) is 21.4. The summed E-state index contributed by atoms with van der Waals surface area (Å²) < 4.78 is 0. The maximum atomic E-state index is 8.85. The highest BCUT2D eigenvalue weighted by Crippen LogP contribution is 2.08. The number of nitrogens with zero attached hydrogens (tertiary/aromatic N) is 4. The highest BCUT2D eigenvalue weighted by molar-refractivity contribution is 5.48. The van der Waals surface area contributed by atoms with E-state index in [4.69, 9.17) is 20.7 Å². The smallest absolute Gasteiger partial charge is 0.143 e. The summed E-state index contributed by atoms with van der Waals surface area (Å²) in [6.45, 7) is 3.84. The second-order valence-corrected chi connectivity index (χ2v) is 9.21.